The van der Waals surface area contributed by atoms with Gasteiger partial charge in [-0.25, -0.2) is 8.78 Å². The first-order valence-corrected chi connectivity index (χ1v) is 8.18. The van der Waals surface area contributed by atoms with Crippen molar-refractivity contribution in [2.45, 2.75) is 0 Å². The molecule has 1 heterocycles. The van der Waals surface area contributed by atoms with Gasteiger partial charge in [0.15, 0.2) is 5.88 Å². The average molecular weight is 359 g/mol. The van der Waals surface area contributed by atoms with Gasteiger partial charge in [0.1, 0.15) is 42.1 Å². The number of ether oxygens (including phenoxy) is 3. The fraction of sp³-hybridized carbons (Fsp3) is 0.200. The van der Waals surface area contributed by atoms with Crippen LogP contribution in [0.5, 0.6) is 17.2 Å². The fourth-order valence-corrected chi connectivity index (χ4v) is 2.38. The van der Waals surface area contributed by atoms with Crippen molar-refractivity contribution in [1.82, 2.24) is 4.90 Å². The molecule has 1 aliphatic rings. The molecule has 4 nitrogen and oxygen atoms in total. The largest absolute Gasteiger partial charge is 0.490 e. The third-order valence-electron chi connectivity index (χ3n) is 3.63. The van der Waals surface area contributed by atoms with Crippen molar-refractivity contribution < 1.29 is 23.0 Å². The normalized spacial score (nSPS) is 13.3. The molecule has 0 aliphatic carbocycles. The highest BCUT2D eigenvalue weighted by molar-refractivity contribution is 5.35. The lowest BCUT2D eigenvalue weighted by molar-refractivity contribution is 0.103. The molecule has 2 aromatic rings. The summed E-state index contributed by atoms with van der Waals surface area (Å²) in [5, 5.41) is 0. The van der Waals surface area contributed by atoms with Gasteiger partial charge in [-0.3, -0.25) is 0 Å². The van der Waals surface area contributed by atoms with Crippen molar-refractivity contribution in [3.05, 3.63) is 78.2 Å². The van der Waals surface area contributed by atoms with Crippen LogP contribution in [-0.4, -0.2) is 31.7 Å². The number of hydrogen-bond acceptors (Lipinski definition) is 4. The summed E-state index contributed by atoms with van der Waals surface area (Å²) in [6.45, 7) is 1.64. The summed E-state index contributed by atoms with van der Waals surface area (Å²) in [4.78, 5) is 2.00. The monoisotopic (exact) mass is 359 g/mol. The van der Waals surface area contributed by atoms with Crippen LogP contribution in [0.1, 0.15) is 0 Å². The number of allylic oxidation sites excluding steroid dienone is 2. The SMILES string of the molecule is CN1CC=CC=C1OCCOc1ccc(Oc2cc(F)cc(F)c2)cc1. The number of likely N-dealkylation sites (N-methyl/N-ethyl adjacent to an activating group) is 1. The molecule has 0 saturated carbocycles. The molecule has 0 N–H and O–H groups in total. The zero-order valence-corrected chi connectivity index (χ0v) is 14.3. The molecule has 0 spiro atoms. The average Bonchev–Trinajstić information content (AvgIpc) is 2.61. The van der Waals surface area contributed by atoms with Crippen LogP contribution in [0.15, 0.2) is 66.6 Å². The second kappa shape index (κ2) is 8.38. The topological polar surface area (TPSA) is 30.9 Å². The van der Waals surface area contributed by atoms with Crippen molar-refractivity contribution >= 4 is 0 Å². The first-order valence-electron chi connectivity index (χ1n) is 8.18. The number of nitrogens with zero attached hydrogens (tertiary/aromatic N) is 1. The minimum absolute atomic E-state index is 0.100. The van der Waals surface area contributed by atoms with Crippen molar-refractivity contribution in [3.8, 4) is 17.2 Å². The Morgan fingerprint density at radius 1 is 0.885 bits per heavy atom. The second-order valence-corrected chi connectivity index (χ2v) is 5.69. The van der Waals surface area contributed by atoms with Gasteiger partial charge in [0.25, 0.3) is 0 Å². The molecule has 2 aromatic carbocycles. The van der Waals surface area contributed by atoms with Gasteiger partial charge in [-0.05, 0) is 30.3 Å². The first-order chi connectivity index (χ1) is 12.6. The maximum absolute atomic E-state index is 13.2. The predicted octanol–water partition coefficient (Wildman–Crippen LogP) is 4.50. The zero-order chi connectivity index (χ0) is 18.4. The maximum Gasteiger partial charge on any atom is 0.189 e. The third-order valence-corrected chi connectivity index (χ3v) is 3.63. The Morgan fingerprint density at radius 3 is 2.23 bits per heavy atom. The van der Waals surface area contributed by atoms with Crippen LogP contribution in [0.2, 0.25) is 0 Å². The van der Waals surface area contributed by atoms with E-state index in [1.165, 1.54) is 0 Å². The summed E-state index contributed by atoms with van der Waals surface area (Å²) in [5.74, 6) is 0.644. The zero-order valence-electron chi connectivity index (χ0n) is 14.3. The highest BCUT2D eigenvalue weighted by Crippen LogP contribution is 2.25. The maximum atomic E-state index is 13.2. The Hall–Kier alpha value is -3.02. The molecule has 0 saturated heterocycles. The van der Waals surface area contributed by atoms with Gasteiger partial charge in [-0.1, -0.05) is 12.2 Å². The minimum Gasteiger partial charge on any atom is -0.490 e. The van der Waals surface area contributed by atoms with Crippen LogP contribution in [0, 0.1) is 11.6 Å². The molecular formula is C20H19F2NO3. The standard InChI is InChI=1S/C20H19F2NO3/c1-23-9-3-2-4-20(23)25-11-10-24-17-5-7-18(8-6-17)26-19-13-15(21)12-16(22)14-19/h2-8,12-14H,9-11H2,1H3. The van der Waals surface area contributed by atoms with Crippen molar-refractivity contribution in [3.63, 3.8) is 0 Å². The summed E-state index contributed by atoms with van der Waals surface area (Å²) in [6, 6.07) is 9.82. The quantitative estimate of drug-likeness (QED) is 0.682. The number of hydrogen-bond donors (Lipinski definition) is 0. The van der Waals surface area contributed by atoms with Gasteiger partial charge in [0.2, 0.25) is 0 Å². The highest BCUT2D eigenvalue weighted by Gasteiger charge is 2.07. The predicted molar refractivity (Wildman–Crippen MR) is 94.2 cm³/mol. The third kappa shape index (κ3) is 4.99. The lowest BCUT2D eigenvalue weighted by Gasteiger charge is -2.23. The van der Waals surface area contributed by atoms with Crippen molar-refractivity contribution in [2.24, 2.45) is 0 Å². The lowest BCUT2D eigenvalue weighted by Crippen LogP contribution is -2.23. The number of halogens is 2. The first kappa shape index (κ1) is 17.8. The molecule has 136 valence electrons. The summed E-state index contributed by atoms with van der Waals surface area (Å²) in [7, 11) is 1.96. The number of rotatable bonds is 7. The van der Waals surface area contributed by atoms with Crippen LogP contribution in [-0.2, 0) is 4.74 Å². The van der Waals surface area contributed by atoms with E-state index in [1.807, 2.05) is 30.2 Å². The molecule has 0 fully saturated rings. The molecule has 0 bridgehead atoms. The molecule has 6 heteroatoms. The lowest BCUT2D eigenvalue weighted by atomic mass is 10.3. The van der Waals surface area contributed by atoms with E-state index in [9.17, 15) is 8.78 Å². The second-order valence-electron chi connectivity index (χ2n) is 5.69. The highest BCUT2D eigenvalue weighted by atomic mass is 19.1. The van der Waals surface area contributed by atoms with Crippen LogP contribution < -0.4 is 9.47 Å². The molecule has 0 aromatic heterocycles. The van der Waals surface area contributed by atoms with Gasteiger partial charge in [-0.2, -0.15) is 0 Å². The fourth-order valence-electron chi connectivity index (χ4n) is 2.38. The smallest absolute Gasteiger partial charge is 0.189 e. The van der Waals surface area contributed by atoms with Crippen LogP contribution >= 0.6 is 0 Å². The van der Waals surface area contributed by atoms with Crippen molar-refractivity contribution in [1.29, 1.82) is 0 Å². The molecule has 0 unspecified atom stereocenters. The van der Waals surface area contributed by atoms with E-state index in [2.05, 4.69) is 0 Å². The summed E-state index contributed by atoms with van der Waals surface area (Å²) >= 11 is 0. The summed E-state index contributed by atoms with van der Waals surface area (Å²) in [6.07, 6.45) is 5.91. The summed E-state index contributed by atoms with van der Waals surface area (Å²) in [5.41, 5.74) is 0. The van der Waals surface area contributed by atoms with E-state index in [0.29, 0.717) is 24.7 Å². The van der Waals surface area contributed by atoms with E-state index in [4.69, 9.17) is 14.2 Å². The molecule has 3 rings (SSSR count). The molecular weight excluding hydrogens is 340 g/mol. The van der Waals surface area contributed by atoms with Crippen LogP contribution in [0.4, 0.5) is 8.78 Å². The Kier molecular flexibility index (Phi) is 5.73. The van der Waals surface area contributed by atoms with Gasteiger partial charge >= 0.3 is 0 Å². The summed E-state index contributed by atoms with van der Waals surface area (Å²) < 4.78 is 43.0. The van der Waals surface area contributed by atoms with Crippen molar-refractivity contribution in [2.75, 3.05) is 26.8 Å². The van der Waals surface area contributed by atoms with E-state index >= 15 is 0 Å². The molecule has 1 aliphatic heterocycles. The van der Waals surface area contributed by atoms with Crippen LogP contribution in [0.25, 0.3) is 0 Å². The Morgan fingerprint density at radius 2 is 1.54 bits per heavy atom. The van der Waals surface area contributed by atoms with Gasteiger partial charge in [0.05, 0.1) is 0 Å². The molecule has 0 radical (unpaired) electrons. The Labute approximate surface area is 150 Å². The van der Waals surface area contributed by atoms with Gasteiger partial charge in [0, 0.05) is 31.8 Å². The van der Waals surface area contributed by atoms with E-state index in [0.717, 1.165) is 30.6 Å². The Balaban J connectivity index is 1.47. The Bertz CT molecular complexity index is 783. The minimum atomic E-state index is -0.686. The van der Waals surface area contributed by atoms with E-state index in [1.54, 1.807) is 24.3 Å². The number of benzene rings is 2. The molecule has 0 amide bonds. The van der Waals surface area contributed by atoms with Crippen LogP contribution in [0.3, 0.4) is 0 Å². The molecule has 0 atom stereocenters. The van der Waals surface area contributed by atoms with Gasteiger partial charge in [-0.15, -0.1) is 0 Å². The molecule has 26 heavy (non-hydrogen) atoms. The van der Waals surface area contributed by atoms with E-state index < -0.39 is 11.6 Å². The van der Waals surface area contributed by atoms with Gasteiger partial charge < -0.3 is 19.1 Å². The van der Waals surface area contributed by atoms with E-state index in [-0.39, 0.29) is 5.75 Å².